The molecule has 1 aromatic rings. The van der Waals surface area contributed by atoms with Gasteiger partial charge in [0.05, 0.1) is 11.8 Å². The molecule has 18 heavy (non-hydrogen) atoms. The number of carbonyl (C=O) groups excluding carboxylic acids is 1. The van der Waals surface area contributed by atoms with Crippen molar-refractivity contribution in [2.75, 3.05) is 18.9 Å². The van der Waals surface area contributed by atoms with Crippen LogP contribution < -0.4 is 5.32 Å². The number of carbonyl (C=O) groups is 1. The van der Waals surface area contributed by atoms with E-state index in [0.29, 0.717) is 5.92 Å². The van der Waals surface area contributed by atoms with Gasteiger partial charge in [0.15, 0.2) is 0 Å². The molecule has 0 heterocycles. The van der Waals surface area contributed by atoms with E-state index in [2.05, 4.69) is 5.32 Å². The summed E-state index contributed by atoms with van der Waals surface area (Å²) in [7, 11) is 1.59. The van der Waals surface area contributed by atoms with E-state index in [1.807, 2.05) is 0 Å². The van der Waals surface area contributed by atoms with E-state index in [-0.39, 0.29) is 12.2 Å². The fourth-order valence-electron chi connectivity index (χ4n) is 1.77. The highest BCUT2D eigenvalue weighted by Gasteiger charge is 2.31. The van der Waals surface area contributed by atoms with Gasteiger partial charge in [-0.1, -0.05) is 12.1 Å². The molecule has 0 spiro atoms. The van der Waals surface area contributed by atoms with Crippen molar-refractivity contribution < 1.29 is 14.3 Å². The number of aliphatic hydroxyl groups excluding tert-OH is 1. The molecule has 1 unspecified atom stereocenters. The second-order valence-corrected chi connectivity index (χ2v) is 4.70. The molecule has 5 heteroatoms. The van der Waals surface area contributed by atoms with Crippen LogP contribution in [0.25, 0.3) is 0 Å². The summed E-state index contributed by atoms with van der Waals surface area (Å²) in [4.78, 5) is 13.2. The quantitative estimate of drug-likeness (QED) is 0.861. The number of benzene rings is 1. The highest BCUT2D eigenvalue weighted by molar-refractivity contribution is 5.89. The lowest BCUT2D eigenvalue weighted by atomic mass is 10.2. The van der Waals surface area contributed by atoms with Gasteiger partial charge in [-0.05, 0) is 30.9 Å². The minimum absolute atomic E-state index is 0.148. The Hall–Kier alpha value is -1.62. The maximum Gasteiger partial charge on any atom is 0.321 e. The van der Waals surface area contributed by atoms with E-state index < -0.39 is 18.0 Å². The zero-order valence-electron chi connectivity index (χ0n) is 10.3. The monoisotopic (exact) mass is 252 g/mol. The minimum Gasteiger partial charge on any atom is -0.391 e. The fraction of sp³-hybridized carbons (Fsp3) is 0.462. The predicted octanol–water partition coefficient (Wildman–Crippen LogP) is 2.06. The molecule has 4 nitrogen and oxygen atoms in total. The van der Waals surface area contributed by atoms with Crippen LogP contribution in [0.1, 0.15) is 12.8 Å². The first-order valence-corrected chi connectivity index (χ1v) is 6.02. The van der Waals surface area contributed by atoms with Crippen LogP contribution in [0.2, 0.25) is 0 Å². The summed E-state index contributed by atoms with van der Waals surface area (Å²) in [6, 6.07) is 5.58. The van der Waals surface area contributed by atoms with Gasteiger partial charge in [-0.15, -0.1) is 0 Å². The summed E-state index contributed by atoms with van der Waals surface area (Å²) in [6.07, 6.45) is 1.55. The Balaban J connectivity index is 1.88. The van der Waals surface area contributed by atoms with E-state index in [1.54, 1.807) is 19.2 Å². The molecular weight excluding hydrogens is 235 g/mol. The van der Waals surface area contributed by atoms with Crippen molar-refractivity contribution in [3.05, 3.63) is 30.1 Å². The highest BCUT2D eigenvalue weighted by atomic mass is 19.1. The summed E-state index contributed by atoms with van der Waals surface area (Å²) in [5.41, 5.74) is 0.148. The lowest BCUT2D eigenvalue weighted by Crippen LogP contribution is -2.38. The number of anilines is 1. The Morgan fingerprint density at radius 1 is 1.56 bits per heavy atom. The van der Waals surface area contributed by atoms with Crippen molar-refractivity contribution in [3.8, 4) is 0 Å². The third kappa shape index (κ3) is 3.20. The number of hydrogen-bond donors (Lipinski definition) is 2. The summed E-state index contributed by atoms with van der Waals surface area (Å²) >= 11 is 0. The predicted molar refractivity (Wildman–Crippen MR) is 66.8 cm³/mol. The molecule has 98 valence electrons. The SMILES string of the molecule is CN(CC(O)C1CC1)C(=O)Nc1ccccc1F. The van der Waals surface area contributed by atoms with Crippen molar-refractivity contribution in [2.24, 2.45) is 5.92 Å². The number of likely N-dealkylation sites (N-methyl/N-ethyl adjacent to an activating group) is 1. The van der Waals surface area contributed by atoms with Gasteiger partial charge in [0.1, 0.15) is 5.82 Å². The molecule has 2 amide bonds. The van der Waals surface area contributed by atoms with E-state index in [9.17, 15) is 14.3 Å². The molecule has 1 aliphatic carbocycles. The Morgan fingerprint density at radius 3 is 2.83 bits per heavy atom. The Morgan fingerprint density at radius 2 is 2.22 bits per heavy atom. The molecule has 0 radical (unpaired) electrons. The lowest BCUT2D eigenvalue weighted by Gasteiger charge is -2.21. The van der Waals surface area contributed by atoms with E-state index in [0.717, 1.165) is 12.8 Å². The maximum atomic E-state index is 13.3. The number of nitrogens with zero attached hydrogens (tertiary/aromatic N) is 1. The number of hydrogen-bond acceptors (Lipinski definition) is 2. The Bertz CT molecular complexity index is 435. The van der Waals surface area contributed by atoms with Crippen LogP contribution in [0.3, 0.4) is 0 Å². The standard InChI is InChI=1S/C13H17FN2O2/c1-16(8-12(17)9-6-7-9)13(18)15-11-5-3-2-4-10(11)14/h2-5,9,12,17H,6-8H2,1H3,(H,15,18). The van der Waals surface area contributed by atoms with E-state index in [4.69, 9.17) is 0 Å². The topological polar surface area (TPSA) is 52.6 Å². The molecule has 1 atom stereocenters. The molecule has 1 saturated carbocycles. The summed E-state index contributed by atoms with van der Waals surface area (Å²) in [6.45, 7) is 0.269. The third-order valence-electron chi connectivity index (χ3n) is 3.09. The number of amides is 2. The zero-order valence-corrected chi connectivity index (χ0v) is 10.3. The number of para-hydroxylation sites is 1. The van der Waals surface area contributed by atoms with Crippen LogP contribution in [0.5, 0.6) is 0 Å². The van der Waals surface area contributed by atoms with Gasteiger partial charge in [0, 0.05) is 13.6 Å². The number of halogens is 1. The van der Waals surface area contributed by atoms with Gasteiger partial charge < -0.3 is 15.3 Å². The highest BCUT2D eigenvalue weighted by Crippen LogP contribution is 2.32. The molecule has 1 fully saturated rings. The molecule has 0 aromatic heterocycles. The van der Waals surface area contributed by atoms with Gasteiger partial charge in [-0.2, -0.15) is 0 Å². The third-order valence-corrected chi connectivity index (χ3v) is 3.09. The van der Waals surface area contributed by atoms with Crippen LogP contribution in [-0.2, 0) is 0 Å². The van der Waals surface area contributed by atoms with Crippen molar-refractivity contribution >= 4 is 11.7 Å². The second-order valence-electron chi connectivity index (χ2n) is 4.70. The summed E-state index contributed by atoms with van der Waals surface area (Å²) in [5.74, 6) is -0.157. The summed E-state index contributed by atoms with van der Waals surface area (Å²) < 4.78 is 13.3. The number of aliphatic hydroxyl groups is 1. The maximum absolute atomic E-state index is 13.3. The average Bonchev–Trinajstić information content (AvgIpc) is 3.15. The molecule has 1 aliphatic rings. The van der Waals surface area contributed by atoms with Crippen LogP contribution in [0.15, 0.2) is 24.3 Å². The smallest absolute Gasteiger partial charge is 0.321 e. The van der Waals surface area contributed by atoms with Crippen molar-refractivity contribution in [2.45, 2.75) is 18.9 Å². The molecule has 1 aromatic carbocycles. The van der Waals surface area contributed by atoms with Crippen LogP contribution in [0.4, 0.5) is 14.9 Å². The summed E-state index contributed by atoms with van der Waals surface area (Å²) in [5, 5.41) is 12.2. The molecule has 0 bridgehead atoms. The lowest BCUT2D eigenvalue weighted by molar-refractivity contribution is 0.117. The van der Waals surface area contributed by atoms with Crippen molar-refractivity contribution in [3.63, 3.8) is 0 Å². The molecule has 2 N–H and O–H groups in total. The van der Waals surface area contributed by atoms with Crippen molar-refractivity contribution in [1.29, 1.82) is 0 Å². The number of rotatable bonds is 4. The first-order chi connectivity index (χ1) is 8.58. The fourth-order valence-corrected chi connectivity index (χ4v) is 1.77. The Labute approximate surface area is 105 Å². The molecule has 0 saturated heterocycles. The van der Waals surface area contributed by atoms with E-state index in [1.165, 1.54) is 17.0 Å². The van der Waals surface area contributed by atoms with Gasteiger partial charge in [0.25, 0.3) is 0 Å². The normalized spacial score (nSPS) is 16.2. The first kappa shape index (κ1) is 12.8. The van der Waals surface area contributed by atoms with Gasteiger partial charge in [0.2, 0.25) is 0 Å². The van der Waals surface area contributed by atoms with Gasteiger partial charge in [-0.25, -0.2) is 9.18 Å². The Kier molecular flexibility index (Phi) is 3.81. The van der Waals surface area contributed by atoms with Crippen LogP contribution >= 0.6 is 0 Å². The second kappa shape index (κ2) is 5.35. The largest absolute Gasteiger partial charge is 0.391 e. The molecule has 2 rings (SSSR count). The van der Waals surface area contributed by atoms with Crippen molar-refractivity contribution in [1.82, 2.24) is 4.90 Å². The van der Waals surface area contributed by atoms with Crippen LogP contribution in [0, 0.1) is 11.7 Å². The van der Waals surface area contributed by atoms with Gasteiger partial charge in [-0.3, -0.25) is 0 Å². The number of nitrogens with one attached hydrogen (secondary N) is 1. The molecule has 0 aliphatic heterocycles. The minimum atomic E-state index is -0.485. The first-order valence-electron chi connectivity index (χ1n) is 6.02. The zero-order chi connectivity index (χ0) is 13.1. The number of urea groups is 1. The van der Waals surface area contributed by atoms with E-state index >= 15 is 0 Å². The van der Waals surface area contributed by atoms with Gasteiger partial charge >= 0.3 is 6.03 Å². The van der Waals surface area contributed by atoms with Crippen LogP contribution in [-0.4, -0.2) is 35.7 Å². The molecular formula is C13H17FN2O2. The average molecular weight is 252 g/mol.